The Hall–Kier alpha value is -12.7. The normalized spacial score (nSPS) is 11.4. The average molecular weight is 1570 g/mol. The van der Waals surface area contributed by atoms with Crippen molar-refractivity contribution in [2.24, 2.45) is 0 Å². The molecule has 0 bridgehead atoms. The number of aromatic carboxylic acids is 1. The minimum atomic E-state index is -3.97. The van der Waals surface area contributed by atoms with Crippen LogP contribution >= 0.6 is 0 Å². The van der Waals surface area contributed by atoms with Crippen LogP contribution in [-0.4, -0.2) is 147 Å². The summed E-state index contributed by atoms with van der Waals surface area (Å²) in [6, 6.07) is 43.5. The summed E-state index contributed by atoms with van der Waals surface area (Å²) in [5.74, 6) is -4.75. The molecule has 12 aromatic rings. The summed E-state index contributed by atoms with van der Waals surface area (Å²) in [5.41, 5.74) is 5.19. The first-order valence-electron chi connectivity index (χ1n) is 32.8. The second kappa shape index (κ2) is 33.2. The summed E-state index contributed by atoms with van der Waals surface area (Å²) in [6.07, 6.45) is 2.88. The third-order valence-electron chi connectivity index (χ3n) is 16.9. The molecule has 0 atom stereocenters. The Kier molecular flexibility index (Phi) is 24.1. The number of ether oxygens (including phenoxy) is 2. The van der Waals surface area contributed by atoms with E-state index in [1.165, 1.54) is 163 Å². The predicted octanol–water partition coefficient (Wildman–Crippen LogP) is 13.9. The Morgan fingerprint density at radius 1 is 0.418 bits per heavy atom. The number of carbonyl (C=O) groups is 6. The number of anilines is 3. The summed E-state index contributed by atoms with van der Waals surface area (Å²) in [4.78, 5) is 74.7. The van der Waals surface area contributed by atoms with Crippen LogP contribution in [-0.2, 0) is 39.5 Å². The highest BCUT2D eigenvalue weighted by Crippen LogP contribution is 2.46. The first kappa shape index (κ1) is 79.9. The van der Waals surface area contributed by atoms with Gasteiger partial charge in [0, 0.05) is 88.9 Å². The molecule has 0 saturated heterocycles. The first-order chi connectivity index (χ1) is 52.2. The molecule has 110 heavy (non-hydrogen) atoms. The molecular formula is C78H67F5N6O18S3. The topological polar surface area (TPSA) is 338 Å². The predicted molar refractivity (Wildman–Crippen MR) is 406 cm³/mol. The lowest BCUT2D eigenvalue weighted by Crippen LogP contribution is -2.32. The van der Waals surface area contributed by atoms with E-state index in [-0.39, 0.29) is 90.0 Å². The molecule has 0 saturated carbocycles. The van der Waals surface area contributed by atoms with E-state index in [1.807, 2.05) is 0 Å². The molecule has 0 aliphatic carbocycles. The fraction of sp³-hybridized carbons (Fsp3) is 0.154. The Morgan fingerprint density at radius 3 is 1.03 bits per heavy atom. The van der Waals surface area contributed by atoms with Gasteiger partial charge >= 0.3 is 17.9 Å². The number of hydrogen-bond donors (Lipinski definition) is 5. The van der Waals surface area contributed by atoms with Crippen LogP contribution in [0.4, 0.5) is 39.0 Å². The average Bonchev–Trinajstić information content (AvgIpc) is 1.57. The van der Waals surface area contributed by atoms with Crippen molar-refractivity contribution in [2.75, 3.05) is 93.9 Å². The molecule has 3 amide bonds. The molecule has 0 aliphatic rings. The lowest BCUT2D eigenvalue weighted by Gasteiger charge is -2.24. The number of carbonyl (C=O) groups excluding carboxylic acids is 5. The van der Waals surface area contributed by atoms with E-state index in [0.29, 0.717) is 60.7 Å². The number of nitrogens with zero attached hydrogens (tertiary/aromatic N) is 2. The molecule has 0 spiro atoms. The van der Waals surface area contributed by atoms with Crippen LogP contribution in [0, 0.1) is 17.5 Å². The molecule has 0 fully saturated rings. The number of rotatable bonds is 22. The number of carboxylic acid groups (broad SMARTS) is 1. The van der Waals surface area contributed by atoms with Gasteiger partial charge in [0.2, 0.25) is 30.1 Å². The number of methoxy groups -OCH3 is 2. The van der Waals surface area contributed by atoms with Crippen molar-refractivity contribution in [1.82, 2.24) is 16.0 Å². The molecule has 32 heteroatoms. The fourth-order valence-electron chi connectivity index (χ4n) is 12.0. The van der Waals surface area contributed by atoms with Crippen LogP contribution in [0.2, 0.25) is 0 Å². The quantitative estimate of drug-likeness (QED) is 0.0311. The summed E-state index contributed by atoms with van der Waals surface area (Å²) >= 11 is 0. The Balaban J connectivity index is 0.000000176. The third kappa shape index (κ3) is 17.5. The monoisotopic (exact) mass is 1570 g/mol. The van der Waals surface area contributed by atoms with Gasteiger partial charge in [0.1, 0.15) is 64.8 Å². The molecule has 3 heterocycles. The lowest BCUT2D eigenvalue weighted by molar-refractivity contribution is 0.0592. The van der Waals surface area contributed by atoms with E-state index < -0.39 is 110 Å². The SMILES string of the molecule is CNC(=O)c1c(-c2ccc(F)cc2)oc2cc(N(CCF)S(C)(=O)=O)c(-c3cccc(C(=O)O)c3)cc12.CNC(=O)c1c(-c2ccc(F)cc2)oc2cc(N(CCF)S(C)(=O)=O)c(-c3cccc(C(=O)OC)c3)cc12.CNC(=O)c1c(-c2ccc(F)cc2)oc2cc(NS(C)(=O)=O)c(-c3cccc(C(=O)OC)c3)cc12. The van der Waals surface area contributed by atoms with Gasteiger partial charge in [-0.1, -0.05) is 36.4 Å². The number of halogens is 5. The molecule has 9 aromatic carbocycles. The van der Waals surface area contributed by atoms with Crippen molar-refractivity contribution in [3.63, 3.8) is 0 Å². The van der Waals surface area contributed by atoms with Gasteiger partial charge in [-0.25, -0.2) is 61.6 Å². The number of alkyl halides is 2. The molecule has 570 valence electrons. The Labute approximate surface area is 626 Å². The fourth-order valence-corrected chi connectivity index (χ4v) is 14.4. The molecule has 0 unspecified atom stereocenters. The van der Waals surface area contributed by atoms with Crippen LogP contribution < -0.4 is 29.3 Å². The van der Waals surface area contributed by atoms with E-state index in [4.69, 9.17) is 22.7 Å². The zero-order chi connectivity index (χ0) is 79.8. The number of nitrogens with one attached hydrogen (secondary N) is 4. The second-order valence-corrected chi connectivity index (χ2v) is 29.8. The summed E-state index contributed by atoms with van der Waals surface area (Å²) in [7, 11) is -4.79. The minimum absolute atomic E-state index is 0.0399. The number of amides is 3. The summed E-state index contributed by atoms with van der Waals surface area (Å²) < 4.78 is 174. The van der Waals surface area contributed by atoms with Crippen LogP contribution in [0.15, 0.2) is 195 Å². The minimum Gasteiger partial charge on any atom is -0.478 e. The number of carboxylic acids is 1. The molecule has 24 nitrogen and oxygen atoms in total. The zero-order valence-electron chi connectivity index (χ0n) is 59.5. The Bertz CT molecular complexity index is 5950. The number of benzene rings is 9. The standard InChI is InChI=1S/C27H24F2N2O6S.C26H22F2N2O6S.C25H21FN2O6S/c1-30-26(32)24-21-14-20(17-5-4-6-18(13-17)27(33)36-2)22(31(12-11-28)38(3,34)35)15-23(21)37-25(24)16-7-9-19(29)10-8-16;1-29-25(31)23-20-13-19(16-4-3-5-17(12-16)26(32)33)21(30(11-10-27)37(2,34)35)14-22(20)36-24(23)15-6-8-18(28)9-7-15;1-27-24(29)22-19-12-18(15-5-4-6-16(11-15)25(30)33-2)20(28-35(3,31)32)13-21(19)34-23(22)14-7-9-17(26)10-8-14/h4-10,13-15H,11-12H2,1-3H3,(H,30,32);3-9,12-14H,10-11H2,1-2H3,(H,29,31)(H,32,33);4-13,28H,1-3H3,(H,27,29). The summed E-state index contributed by atoms with van der Waals surface area (Å²) in [5, 5.41) is 18.2. The van der Waals surface area contributed by atoms with Crippen molar-refractivity contribution in [3.05, 3.63) is 233 Å². The number of sulfonamides is 3. The maximum Gasteiger partial charge on any atom is 0.337 e. The number of hydrogen-bond acceptors (Lipinski definition) is 17. The van der Waals surface area contributed by atoms with E-state index in [0.717, 1.165) is 27.4 Å². The molecular weight excluding hydrogens is 1500 g/mol. The van der Waals surface area contributed by atoms with Gasteiger partial charge in [0.15, 0.2) is 0 Å². The van der Waals surface area contributed by atoms with Crippen molar-refractivity contribution >= 4 is 116 Å². The molecule has 0 aliphatic heterocycles. The van der Waals surface area contributed by atoms with Gasteiger partial charge in [-0.05, 0) is 144 Å². The van der Waals surface area contributed by atoms with Crippen molar-refractivity contribution in [3.8, 4) is 67.4 Å². The molecule has 3 aromatic heterocycles. The molecule has 0 radical (unpaired) electrons. The van der Waals surface area contributed by atoms with Crippen LogP contribution in [0.1, 0.15) is 62.1 Å². The highest BCUT2D eigenvalue weighted by Gasteiger charge is 2.32. The van der Waals surface area contributed by atoms with E-state index in [1.54, 1.807) is 54.6 Å². The summed E-state index contributed by atoms with van der Waals surface area (Å²) in [6.45, 7) is -2.91. The zero-order valence-corrected chi connectivity index (χ0v) is 62.0. The maximum atomic E-state index is 13.6. The number of furan rings is 3. The highest BCUT2D eigenvalue weighted by molar-refractivity contribution is 7.92. The van der Waals surface area contributed by atoms with Crippen LogP contribution in [0.25, 0.3) is 100 Å². The third-order valence-corrected chi connectivity index (χ3v) is 19.9. The maximum absolute atomic E-state index is 13.6. The van der Waals surface area contributed by atoms with E-state index in [2.05, 4.69) is 20.7 Å². The van der Waals surface area contributed by atoms with Crippen LogP contribution in [0.3, 0.4) is 0 Å². The second-order valence-electron chi connectivity index (χ2n) is 24.3. The van der Waals surface area contributed by atoms with E-state index >= 15 is 0 Å². The number of fused-ring (bicyclic) bond motifs is 3. The van der Waals surface area contributed by atoms with Crippen molar-refractivity contribution < 1.29 is 104 Å². The smallest absolute Gasteiger partial charge is 0.337 e. The van der Waals surface area contributed by atoms with Crippen molar-refractivity contribution in [2.45, 2.75) is 0 Å². The van der Waals surface area contributed by atoms with Gasteiger partial charge < -0.3 is 43.8 Å². The highest BCUT2D eigenvalue weighted by atomic mass is 32.2. The van der Waals surface area contributed by atoms with Gasteiger partial charge in [0.05, 0.1) is 96.5 Å². The van der Waals surface area contributed by atoms with Gasteiger partial charge in [0.25, 0.3) is 17.7 Å². The van der Waals surface area contributed by atoms with E-state index in [9.17, 15) is 81.1 Å². The number of esters is 2. The Morgan fingerprint density at radius 2 is 0.727 bits per heavy atom. The lowest BCUT2D eigenvalue weighted by atomic mass is 9.97. The van der Waals surface area contributed by atoms with Gasteiger partial charge in [-0.15, -0.1) is 0 Å². The van der Waals surface area contributed by atoms with Gasteiger partial charge in [-0.2, -0.15) is 0 Å². The first-order valence-corrected chi connectivity index (χ1v) is 38.4. The largest absolute Gasteiger partial charge is 0.478 e. The molecule has 5 N–H and O–H groups in total. The van der Waals surface area contributed by atoms with Gasteiger partial charge in [-0.3, -0.25) is 27.7 Å². The molecule has 12 rings (SSSR count). The van der Waals surface area contributed by atoms with Crippen LogP contribution in [0.5, 0.6) is 0 Å². The van der Waals surface area contributed by atoms with Crippen molar-refractivity contribution in [1.29, 1.82) is 0 Å².